The van der Waals surface area contributed by atoms with Gasteiger partial charge in [0.15, 0.2) is 0 Å². The normalized spacial score (nSPS) is 11.4. The molecule has 0 bridgehead atoms. The minimum atomic E-state index is -0.582. The molecule has 0 saturated carbocycles. The van der Waals surface area contributed by atoms with Gasteiger partial charge in [-0.2, -0.15) is 0 Å². The van der Waals surface area contributed by atoms with Crippen molar-refractivity contribution in [2.45, 2.75) is 25.9 Å². The quantitative estimate of drug-likeness (QED) is 0.698. The van der Waals surface area contributed by atoms with Gasteiger partial charge in [-0.25, -0.2) is 4.79 Å². The van der Waals surface area contributed by atoms with Gasteiger partial charge in [-0.1, -0.05) is 0 Å². The van der Waals surface area contributed by atoms with Crippen molar-refractivity contribution in [3.05, 3.63) is 24.2 Å². The first-order chi connectivity index (χ1) is 9.35. The number of carbonyl (C=O) groups is 2. The summed E-state index contributed by atoms with van der Waals surface area (Å²) in [5.41, 5.74) is -0.526. The summed E-state index contributed by atoms with van der Waals surface area (Å²) < 4.78 is 5.05. The highest BCUT2D eigenvalue weighted by molar-refractivity contribution is 5.95. The topological polar surface area (TPSA) is 94.8 Å². The van der Waals surface area contributed by atoms with Crippen molar-refractivity contribution in [1.29, 1.82) is 0 Å². The Morgan fingerprint density at radius 3 is 2.70 bits per heavy atom. The van der Waals surface area contributed by atoms with Crippen molar-refractivity contribution in [3.8, 4) is 0 Å². The molecular weight excluding hydrogens is 262 g/mol. The number of urea groups is 1. The highest BCUT2D eigenvalue weighted by Gasteiger charge is 2.24. The van der Waals surface area contributed by atoms with Gasteiger partial charge < -0.3 is 14.8 Å². The lowest BCUT2D eigenvalue weighted by Crippen LogP contribution is -2.50. The van der Waals surface area contributed by atoms with Crippen LogP contribution in [0.5, 0.6) is 0 Å². The molecule has 112 valence electrons. The Hall–Kier alpha value is -1.86. The highest BCUT2D eigenvalue weighted by Crippen LogP contribution is 2.09. The third-order valence-corrected chi connectivity index (χ3v) is 3.06. The fourth-order valence-electron chi connectivity index (χ4n) is 1.34. The molecule has 1 aromatic rings. The Morgan fingerprint density at radius 2 is 2.15 bits per heavy atom. The van der Waals surface area contributed by atoms with Gasteiger partial charge >= 0.3 is 6.03 Å². The molecule has 20 heavy (non-hydrogen) atoms. The fourth-order valence-corrected chi connectivity index (χ4v) is 1.34. The van der Waals surface area contributed by atoms with E-state index in [0.717, 1.165) is 0 Å². The zero-order chi connectivity index (χ0) is 15.2. The number of nitrogens with zero attached hydrogens (tertiary/aromatic N) is 1. The number of hydrogen-bond acceptors (Lipinski definition) is 5. The van der Waals surface area contributed by atoms with Crippen LogP contribution in [0.4, 0.5) is 4.79 Å². The van der Waals surface area contributed by atoms with E-state index >= 15 is 0 Å². The third kappa shape index (κ3) is 5.02. The van der Waals surface area contributed by atoms with E-state index in [0.29, 0.717) is 5.76 Å². The zero-order valence-electron chi connectivity index (χ0n) is 12.0. The Balaban J connectivity index is 2.33. The third-order valence-electron chi connectivity index (χ3n) is 3.06. The molecule has 0 radical (unpaired) electrons. The van der Waals surface area contributed by atoms with Crippen molar-refractivity contribution < 1.29 is 19.1 Å². The number of aliphatic hydroxyl groups excluding tert-OH is 1. The molecule has 3 N–H and O–H groups in total. The maximum Gasteiger partial charge on any atom is 0.321 e. The van der Waals surface area contributed by atoms with Crippen LogP contribution >= 0.6 is 0 Å². The van der Waals surface area contributed by atoms with Gasteiger partial charge in [0.05, 0.1) is 26.0 Å². The lowest BCUT2D eigenvalue weighted by Gasteiger charge is -2.33. The number of hydrogen-bond donors (Lipinski definition) is 3. The maximum absolute atomic E-state index is 11.7. The number of carbonyl (C=O) groups excluding carboxylic acids is 2. The molecule has 0 unspecified atom stereocenters. The maximum atomic E-state index is 11.7. The molecule has 0 aliphatic rings. The molecule has 7 nitrogen and oxygen atoms in total. The van der Waals surface area contributed by atoms with Gasteiger partial charge in [0.25, 0.3) is 0 Å². The first-order valence-electron chi connectivity index (χ1n) is 6.27. The molecule has 0 aliphatic carbocycles. The fraction of sp³-hybridized carbons (Fsp3) is 0.538. The van der Waals surface area contributed by atoms with E-state index in [1.807, 2.05) is 0 Å². The van der Waals surface area contributed by atoms with E-state index in [4.69, 9.17) is 4.42 Å². The van der Waals surface area contributed by atoms with Crippen LogP contribution in [0.3, 0.4) is 0 Å². The van der Waals surface area contributed by atoms with Crippen LogP contribution in [0.2, 0.25) is 0 Å². The first-order valence-corrected chi connectivity index (χ1v) is 6.27. The van der Waals surface area contributed by atoms with Crippen LogP contribution in [0, 0.1) is 0 Å². The van der Waals surface area contributed by atoms with Crippen LogP contribution in [-0.4, -0.2) is 47.7 Å². The summed E-state index contributed by atoms with van der Waals surface area (Å²) in [5, 5.41) is 13.9. The second-order valence-corrected chi connectivity index (χ2v) is 5.14. The van der Waals surface area contributed by atoms with Gasteiger partial charge in [0.2, 0.25) is 5.91 Å². The second kappa shape index (κ2) is 7.06. The predicted octanol–water partition coefficient (Wildman–Crippen LogP) is 0.308. The average molecular weight is 283 g/mol. The number of likely N-dealkylation sites (N-methyl/N-ethyl adjacent to an activating group) is 1. The molecule has 1 heterocycles. The van der Waals surface area contributed by atoms with Crippen molar-refractivity contribution >= 4 is 11.9 Å². The Kier molecular flexibility index (Phi) is 5.72. The minimum absolute atomic E-state index is 0.0156. The lowest BCUT2D eigenvalue weighted by atomic mass is 10.1. The lowest BCUT2D eigenvalue weighted by molar-refractivity contribution is -0.122. The van der Waals surface area contributed by atoms with Crippen molar-refractivity contribution in [1.82, 2.24) is 15.5 Å². The van der Waals surface area contributed by atoms with Crippen LogP contribution in [0.25, 0.3) is 0 Å². The van der Waals surface area contributed by atoms with Crippen LogP contribution in [-0.2, 0) is 11.3 Å². The smallest absolute Gasteiger partial charge is 0.321 e. The summed E-state index contributed by atoms with van der Waals surface area (Å²) in [5.74, 6) is 0.164. The summed E-state index contributed by atoms with van der Waals surface area (Å²) in [7, 11) is 1.70. The molecule has 0 saturated heterocycles. The van der Waals surface area contributed by atoms with E-state index in [1.165, 1.54) is 6.26 Å². The van der Waals surface area contributed by atoms with Gasteiger partial charge in [-0.05, 0) is 33.0 Å². The Bertz CT molecular complexity index is 442. The molecule has 0 fully saturated rings. The molecule has 0 aliphatic heterocycles. The summed E-state index contributed by atoms with van der Waals surface area (Å²) in [6, 6.07) is 2.85. The van der Waals surface area contributed by atoms with Crippen molar-refractivity contribution in [2.24, 2.45) is 0 Å². The Morgan fingerprint density at radius 1 is 1.45 bits per heavy atom. The standard InChI is InChI=1S/C13H21N3O4/c1-13(2,9-17)16(3)8-11(18)15-12(19)14-7-10-5-4-6-20-10/h4-6,17H,7-9H2,1-3H3,(H2,14,15,18,19). The Labute approximate surface area is 117 Å². The number of imide groups is 1. The summed E-state index contributed by atoms with van der Waals surface area (Å²) in [4.78, 5) is 24.8. The highest BCUT2D eigenvalue weighted by atomic mass is 16.3. The molecule has 1 rings (SSSR count). The van der Waals surface area contributed by atoms with Crippen LogP contribution < -0.4 is 10.6 Å². The predicted molar refractivity (Wildman–Crippen MR) is 72.9 cm³/mol. The van der Waals surface area contributed by atoms with Crippen LogP contribution in [0.1, 0.15) is 19.6 Å². The van der Waals surface area contributed by atoms with E-state index < -0.39 is 17.5 Å². The number of aliphatic hydroxyl groups is 1. The van der Waals surface area contributed by atoms with Gasteiger partial charge in [0, 0.05) is 5.54 Å². The molecule has 7 heteroatoms. The largest absolute Gasteiger partial charge is 0.467 e. The van der Waals surface area contributed by atoms with E-state index in [9.17, 15) is 14.7 Å². The first kappa shape index (κ1) is 16.2. The SMILES string of the molecule is CN(CC(=O)NC(=O)NCc1ccco1)C(C)(C)CO. The van der Waals surface area contributed by atoms with E-state index in [-0.39, 0.29) is 19.7 Å². The monoisotopic (exact) mass is 283 g/mol. The minimum Gasteiger partial charge on any atom is -0.467 e. The van der Waals surface area contributed by atoms with Gasteiger partial charge in [-0.15, -0.1) is 0 Å². The van der Waals surface area contributed by atoms with Crippen molar-refractivity contribution in [3.63, 3.8) is 0 Å². The second-order valence-electron chi connectivity index (χ2n) is 5.14. The molecule has 1 aromatic heterocycles. The van der Waals surface area contributed by atoms with Crippen molar-refractivity contribution in [2.75, 3.05) is 20.2 Å². The molecular formula is C13H21N3O4. The van der Waals surface area contributed by atoms with E-state index in [1.54, 1.807) is 37.9 Å². The summed E-state index contributed by atoms with van der Waals surface area (Å²) in [6.45, 7) is 3.75. The van der Waals surface area contributed by atoms with Gasteiger partial charge in [-0.3, -0.25) is 15.0 Å². The van der Waals surface area contributed by atoms with Crippen LogP contribution in [0.15, 0.2) is 22.8 Å². The zero-order valence-corrected chi connectivity index (χ0v) is 12.0. The van der Waals surface area contributed by atoms with Gasteiger partial charge in [0.1, 0.15) is 5.76 Å². The molecule has 3 amide bonds. The number of furan rings is 1. The molecule has 0 atom stereocenters. The average Bonchev–Trinajstić information content (AvgIpc) is 2.89. The van der Waals surface area contributed by atoms with E-state index in [2.05, 4.69) is 10.6 Å². The summed E-state index contributed by atoms with van der Waals surface area (Å²) >= 11 is 0. The summed E-state index contributed by atoms with van der Waals surface area (Å²) in [6.07, 6.45) is 1.51. The molecule has 0 spiro atoms. The number of rotatable bonds is 6. The molecule has 0 aromatic carbocycles. The number of nitrogens with one attached hydrogen (secondary N) is 2. The number of amides is 3.